The maximum Gasteiger partial charge on any atom is 0.0974 e. The predicted octanol–water partition coefficient (Wildman–Crippen LogP) is 7.03. The zero-order chi connectivity index (χ0) is 21.5. The highest BCUT2D eigenvalue weighted by molar-refractivity contribution is 6.08. The Hall–Kier alpha value is -3.72. The summed E-state index contributed by atoms with van der Waals surface area (Å²) in [6.45, 7) is 4.40. The van der Waals surface area contributed by atoms with Crippen LogP contribution in [0.3, 0.4) is 0 Å². The van der Waals surface area contributed by atoms with Gasteiger partial charge in [0.1, 0.15) is 0 Å². The van der Waals surface area contributed by atoms with Gasteiger partial charge in [0.05, 0.1) is 16.7 Å². The Kier molecular flexibility index (Phi) is 4.61. The summed E-state index contributed by atoms with van der Waals surface area (Å²) in [5.41, 5.74) is 8.80. The third kappa shape index (κ3) is 3.31. The summed E-state index contributed by atoms with van der Waals surface area (Å²) in [4.78, 5) is 12.5. The minimum absolute atomic E-state index is 0.961. The molecule has 3 nitrogen and oxygen atoms in total. The SMILES string of the molecule is Cc1cc(-c2ccc(N3CCCC3)cc2)c2ccc3ccc(-c4ccccc4)nc3c2n1. The van der Waals surface area contributed by atoms with Crippen LogP contribution in [0.2, 0.25) is 0 Å². The first kappa shape index (κ1) is 19.0. The number of hydrogen-bond acceptors (Lipinski definition) is 3. The van der Waals surface area contributed by atoms with Gasteiger partial charge in [-0.3, -0.25) is 4.98 Å². The van der Waals surface area contributed by atoms with Gasteiger partial charge in [-0.15, -0.1) is 0 Å². The van der Waals surface area contributed by atoms with Crippen LogP contribution in [0.1, 0.15) is 18.5 Å². The van der Waals surface area contributed by atoms with Crippen LogP contribution in [-0.4, -0.2) is 23.1 Å². The van der Waals surface area contributed by atoms with E-state index in [0.29, 0.717) is 0 Å². The number of aromatic nitrogens is 2. The van der Waals surface area contributed by atoms with Gasteiger partial charge in [0.2, 0.25) is 0 Å². The molecule has 32 heavy (non-hydrogen) atoms. The van der Waals surface area contributed by atoms with Crippen molar-refractivity contribution in [1.82, 2.24) is 9.97 Å². The first-order chi connectivity index (χ1) is 15.8. The molecule has 1 aliphatic heterocycles. The summed E-state index contributed by atoms with van der Waals surface area (Å²) in [6.07, 6.45) is 2.59. The van der Waals surface area contributed by atoms with Gasteiger partial charge in [0.25, 0.3) is 0 Å². The zero-order valence-corrected chi connectivity index (χ0v) is 18.3. The van der Waals surface area contributed by atoms with Gasteiger partial charge in [-0.1, -0.05) is 60.7 Å². The van der Waals surface area contributed by atoms with Gasteiger partial charge in [-0.25, -0.2) is 4.98 Å². The van der Waals surface area contributed by atoms with Crippen molar-refractivity contribution in [2.75, 3.05) is 18.0 Å². The fourth-order valence-electron chi connectivity index (χ4n) is 4.84. The first-order valence-corrected chi connectivity index (χ1v) is 11.4. The first-order valence-electron chi connectivity index (χ1n) is 11.4. The van der Waals surface area contributed by atoms with Crippen LogP contribution in [0, 0.1) is 6.92 Å². The normalized spacial score (nSPS) is 13.8. The Morgan fingerprint density at radius 2 is 1.44 bits per heavy atom. The lowest BCUT2D eigenvalue weighted by Gasteiger charge is -2.18. The molecule has 0 spiro atoms. The molecule has 3 aromatic carbocycles. The largest absolute Gasteiger partial charge is 0.372 e. The number of benzene rings is 3. The van der Waals surface area contributed by atoms with Crippen LogP contribution < -0.4 is 4.90 Å². The molecule has 0 aliphatic carbocycles. The topological polar surface area (TPSA) is 29.0 Å². The predicted molar refractivity (Wildman–Crippen MR) is 134 cm³/mol. The quantitative estimate of drug-likeness (QED) is 0.296. The van der Waals surface area contributed by atoms with E-state index in [2.05, 4.69) is 90.7 Å². The van der Waals surface area contributed by atoms with Gasteiger partial charge in [-0.2, -0.15) is 0 Å². The standard InChI is InChI=1S/C29H25N3/c1-20-19-26(21-9-13-24(14-10-21)32-17-5-6-18-32)25-15-11-23-12-16-27(22-7-3-2-4-8-22)31-28(23)29(25)30-20/h2-4,7-16,19H,5-6,17-18H2,1H3. The molecule has 1 aliphatic rings. The molecule has 1 fully saturated rings. The number of fused-ring (bicyclic) bond motifs is 3. The van der Waals surface area contributed by atoms with Gasteiger partial charge < -0.3 is 4.90 Å². The fraction of sp³-hybridized carbons (Fsp3) is 0.172. The van der Waals surface area contributed by atoms with Crippen molar-refractivity contribution in [1.29, 1.82) is 0 Å². The second-order valence-electron chi connectivity index (χ2n) is 8.65. The van der Waals surface area contributed by atoms with E-state index in [1.807, 2.05) is 6.07 Å². The highest BCUT2D eigenvalue weighted by Crippen LogP contribution is 2.34. The molecule has 156 valence electrons. The van der Waals surface area contributed by atoms with Crippen molar-refractivity contribution < 1.29 is 0 Å². The van der Waals surface area contributed by atoms with Crippen molar-refractivity contribution in [2.24, 2.45) is 0 Å². The second kappa shape index (κ2) is 7.76. The molecule has 3 heterocycles. The summed E-state index contributed by atoms with van der Waals surface area (Å²) >= 11 is 0. The molecular formula is C29H25N3. The molecule has 0 saturated carbocycles. The maximum atomic E-state index is 5.05. The highest BCUT2D eigenvalue weighted by atomic mass is 15.1. The van der Waals surface area contributed by atoms with Crippen LogP contribution in [0.4, 0.5) is 5.69 Å². The summed E-state index contributed by atoms with van der Waals surface area (Å²) in [7, 11) is 0. The lowest BCUT2D eigenvalue weighted by Crippen LogP contribution is -2.17. The van der Waals surface area contributed by atoms with Crippen LogP contribution in [0.15, 0.2) is 84.9 Å². The molecule has 0 radical (unpaired) electrons. The van der Waals surface area contributed by atoms with E-state index in [1.54, 1.807) is 0 Å². The molecule has 1 saturated heterocycles. The van der Waals surface area contributed by atoms with Crippen molar-refractivity contribution in [2.45, 2.75) is 19.8 Å². The third-order valence-corrected chi connectivity index (χ3v) is 6.49. The smallest absolute Gasteiger partial charge is 0.0974 e. The van der Waals surface area contributed by atoms with Gasteiger partial charge in [0, 0.05) is 40.8 Å². The van der Waals surface area contributed by atoms with Crippen molar-refractivity contribution in [3.05, 3.63) is 90.6 Å². The van der Waals surface area contributed by atoms with Crippen LogP contribution >= 0.6 is 0 Å². The number of nitrogens with zero attached hydrogens (tertiary/aromatic N) is 3. The van der Waals surface area contributed by atoms with Gasteiger partial charge in [-0.05, 0) is 55.2 Å². The van der Waals surface area contributed by atoms with Gasteiger partial charge in [0.15, 0.2) is 0 Å². The average molecular weight is 416 g/mol. The molecular weight excluding hydrogens is 390 g/mol. The van der Waals surface area contributed by atoms with Crippen molar-refractivity contribution >= 4 is 27.5 Å². The highest BCUT2D eigenvalue weighted by Gasteiger charge is 2.14. The lowest BCUT2D eigenvalue weighted by atomic mass is 9.98. The summed E-state index contributed by atoms with van der Waals surface area (Å²) in [6, 6.07) is 30.2. The zero-order valence-electron chi connectivity index (χ0n) is 18.3. The van der Waals surface area contributed by atoms with Gasteiger partial charge >= 0.3 is 0 Å². The number of anilines is 1. The molecule has 0 amide bonds. The minimum atomic E-state index is 0.961. The molecule has 0 atom stereocenters. The van der Waals surface area contributed by atoms with Crippen LogP contribution in [0.5, 0.6) is 0 Å². The number of pyridine rings is 2. The van der Waals surface area contributed by atoms with E-state index in [4.69, 9.17) is 9.97 Å². The molecule has 2 aromatic heterocycles. The Bertz CT molecular complexity index is 1420. The van der Waals surface area contributed by atoms with E-state index >= 15 is 0 Å². The third-order valence-electron chi connectivity index (χ3n) is 6.49. The average Bonchev–Trinajstić information content (AvgIpc) is 3.39. The fourth-order valence-corrected chi connectivity index (χ4v) is 4.84. The number of rotatable bonds is 3. The van der Waals surface area contributed by atoms with Crippen molar-refractivity contribution in [3.63, 3.8) is 0 Å². The molecule has 0 N–H and O–H groups in total. The minimum Gasteiger partial charge on any atom is -0.372 e. The Morgan fingerprint density at radius 3 is 2.22 bits per heavy atom. The van der Waals surface area contributed by atoms with E-state index in [1.165, 1.54) is 29.7 Å². The Balaban J connectivity index is 1.51. The Labute approximate surface area is 188 Å². The summed E-state index contributed by atoms with van der Waals surface area (Å²) in [5.74, 6) is 0. The molecule has 3 heteroatoms. The molecule has 5 aromatic rings. The lowest BCUT2D eigenvalue weighted by molar-refractivity contribution is 0.949. The number of hydrogen-bond donors (Lipinski definition) is 0. The van der Waals surface area contributed by atoms with Crippen LogP contribution in [-0.2, 0) is 0 Å². The maximum absolute atomic E-state index is 5.05. The molecule has 0 bridgehead atoms. The van der Waals surface area contributed by atoms with E-state index in [9.17, 15) is 0 Å². The van der Waals surface area contributed by atoms with E-state index in [-0.39, 0.29) is 0 Å². The van der Waals surface area contributed by atoms with E-state index < -0.39 is 0 Å². The number of aryl methyl sites for hydroxylation is 1. The second-order valence-corrected chi connectivity index (χ2v) is 8.65. The molecule has 0 unspecified atom stereocenters. The Morgan fingerprint density at radius 1 is 0.688 bits per heavy atom. The van der Waals surface area contributed by atoms with E-state index in [0.717, 1.165) is 51.8 Å². The summed E-state index contributed by atoms with van der Waals surface area (Å²) < 4.78 is 0. The summed E-state index contributed by atoms with van der Waals surface area (Å²) in [5, 5.41) is 2.26. The molecule has 6 rings (SSSR count). The van der Waals surface area contributed by atoms with Crippen molar-refractivity contribution in [3.8, 4) is 22.4 Å². The monoisotopic (exact) mass is 415 g/mol. The van der Waals surface area contributed by atoms with Crippen LogP contribution in [0.25, 0.3) is 44.2 Å².